The fourth-order valence-corrected chi connectivity index (χ4v) is 5.97. The number of amides is 1. The van der Waals surface area contributed by atoms with Crippen molar-refractivity contribution >= 4 is 39.1 Å². The molecule has 0 fully saturated rings. The highest BCUT2D eigenvalue weighted by Gasteiger charge is 2.27. The third-order valence-corrected chi connectivity index (χ3v) is 8.34. The van der Waals surface area contributed by atoms with Gasteiger partial charge >= 0.3 is 0 Å². The van der Waals surface area contributed by atoms with E-state index in [0.29, 0.717) is 23.7 Å². The molecule has 8 heteroatoms. The van der Waals surface area contributed by atoms with E-state index in [4.69, 9.17) is 4.74 Å². The molecular formula is C29H28N2O4S2. The molecule has 4 rings (SSSR count). The summed E-state index contributed by atoms with van der Waals surface area (Å²) in [5.41, 5.74) is 2.00. The summed E-state index contributed by atoms with van der Waals surface area (Å²) in [5.74, 6) is 0.129. The van der Waals surface area contributed by atoms with Gasteiger partial charge in [0.1, 0.15) is 12.3 Å². The molecule has 4 aromatic carbocycles. The number of nitrogens with zero attached hydrogens (tertiary/aromatic N) is 1. The average Bonchev–Trinajstić information content (AvgIpc) is 2.90. The average molecular weight is 533 g/mol. The van der Waals surface area contributed by atoms with E-state index in [1.807, 2.05) is 74.5 Å². The Bertz CT molecular complexity index is 1440. The first-order chi connectivity index (χ1) is 17.9. The molecule has 1 N–H and O–H groups in total. The second-order valence-corrected chi connectivity index (χ2v) is 11.2. The number of carbonyl (C=O) groups is 1. The molecule has 6 nitrogen and oxygen atoms in total. The maximum atomic E-state index is 13.7. The molecule has 0 heterocycles. The van der Waals surface area contributed by atoms with Gasteiger partial charge in [0.25, 0.3) is 10.0 Å². The second-order valence-electron chi connectivity index (χ2n) is 8.21. The number of nitrogens with one attached hydrogen (secondary N) is 1. The van der Waals surface area contributed by atoms with E-state index in [-0.39, 0.29) is 11.4 Å². The van der Waals surface area contributed by atoms with Crippen molar-refractivity contribution in [2.75, 3.05) is 22.8 Å². The molecule has 0 aromatic heterocycles. The van der Waals surface area contributed by atoms with Crippen LogP contribution in [-0.4, -0.2) is 27.5 Å². The highest BCUT2D eigenvalue weighted by Crippen LogP contribution is 2.33. The van der Waals surface area contributed by atoms with Crippen LogP contribution in [0.25, 0.3) is 0 Å². The monoisotopic (exact) mass is 532 g/mol. The number of benzene rings is 4. The number of sulfonamides is 1. The van der Waals surface area contributed by atoms with Gasteiger partial charge in [-0.2, -0.15) is 0 Å². The molecule has 190 valence electrons. The van der Waals surface area contributed by atoms with Crippen LogP contribution in [-0.2, 0) is 14.8 Å². The largest absolute Gasteiger partial charge is 0.494 e. The molecule has 0 bridgehead atoms. The quantitative estimate of drug-likeness (QED) is 0.257. The zero-order chi connectivity index (χ0) is 26.3. The predicted octanol–water partition coefficient (Wildman–Crippen LogP) is 6.38. The van der Waals surface area contributed by atoms with Gasteiger partial charge in [-0.25, -0.2) is 8.42 Å². The van der Waals surface area contributed by atoms with Crippen LogP contribution in [0.5, 0.6) is 5.75 Å². The van der Waals surface area contributed by atoms with Crippen molar-refractivity contribution in [2.45, 2.75) is 28.5 Å². The third kappa shape index (κ3) is 6.72. The summed E-state index contributed by atoms with van der Waals surface area (Å²) in [6.45, 7) is 3.87. The number of hydrogen-bond donors (Lipinski definition) is 1. The van der Waals surface area contributed by atoms with Gasteiger partial charge in [0.15, 0.2) is 0 Å². The van der Waals surface area contributed by atoms with Gasteiger partial charge in [-0.1, -0.05) is 59.8 Å². The Kier molecular flexibility index (Phi) is 8.53. The number of ether oxygens (including phenoxy) is 1. The third-order valence-electron chi connectivity index (χ3n) is 5.46. The molecule has 0 aliphatic carbocycles. The van der Waals surface area contributed by atoms with Crippen molar-refractivity contribution in [2.24, 2.45) is 0 Å². The van der Waals surface area contributed by atoms with E-state index in [1.165, 1.54) is 23.9 Å². The molecule has 0 aliphatic heterocycles. The van der Waals surface area contributed by atoms with Gasteiger partial charge in [-0.05, 0) is 74.5 Å². The van der Waals surface area contributed by atoms with Crippen LogP contribution in [0.15, 0.2) is 118 Å². The molecule has 0 saturated heterocycles. The Morgan fingerprint density at radius 3 is 2.19 bits per heavy atom. The molecule has 0 atom stereocenters. The molecule has 0 aliphatic rings. The van der Waals surface area contributed by atoms with E-state index < -0.39 is 15.9 Å². The van der Waals surface area contributed by atoms with Crippen LogP contribution in [0, 0.1) is 6.92 Å². The van der Waals surface area contributed by atoms with Gasteiger partial charge in [-0.3, -0.25) is 9.10 Å². The smallest absolute Gasteiger partial charge is 0.264 e. The molecular weight excluding hydrogens is 504 g/mol. The fourth-order valence-electron chi connectivity index (χ4n) is 3.62. The first-order valence-electron chi connectivity index (χ1n) is 11.8. The van der Waals surface area contributed by atoms with Crippen molar-refractivity contribution in [1.29, 1.82) is 0 Å². The summed E-state index contributed by atoms with van der Waals surface area (Å²) in [6.07, 6.45) is 0. The Balaban J connectivity index is 1.60. The van der Waals surface area contributed by atoms with E-state index in [1.54, 1.807) is 30.3 Å². The normalized spacial score (nSPS) is 11.1. The lowest BCUT2D eigenvalue weighted by atomic mass is 10.2. The predicted molar refractivity (Wildman–Crippen MR) is 149 cm³/mol. The minimum atomic E-state index is -4.03. The van der Waals surface area contributed by atoms with Gasteiger partial charge in [0.2, 0.25) is 5.91 Å². The van der Waals surface area contributed by atoms with Crippen molar-refractivity contribution in [3.63, 3.8) is 0 Å². The van der Waals surface area contributed by atoms with Crippen molar-refractivity contribution in [1.82, 2.24) is 0 Å². The van der Waals surface area contributed by atoms with E-state index in [0.717, 1.165) is 19.7 Å². The van der Waals surface area contributed by atoms with Gasteiger partial charge < -0.3 is 10.1 Å². The van der Waals surface area contributed by atoms with Crippen molar-refractivity contribution in [3.8, 4) is 5.75 Å². The molecule has 0 unspecified atom stereocenters. The Labute approximate surface area is 222 Å². The summed E-state index contributed by atoms with van der Waals surface area (Å²) in [4.78, 5) is 15.2. The fraction of sp³-hybridized carbons (Fsp3) is 0.138. The number of hydrogen-bond acceptors (Lipinski definition) is 5. The number of carbonyl (C=O) groups excluding carboxylic acids is 1. The Hall–Kier alpha value is -3.75. The Morgan fingerprint density at radius 2 is 1.51 bits per heavy atom. The number of aryl methyl sites for hydroxylation is 1. The first kappa shape index (κ1) is 26.3. The van der Waals surface area contributed by atoms with Gasteiger partial charge in [-0.15, -0.1) is 0 Å². The summed E-state index contributed by atoms with van der Waals surface area (Å²) in [6, 6.07) is 30.5. The lowest BCUT2D eigenvalue weighted by Gasteiger charge is -2.24. The molecule has 0 saturated carbocycles. The number of anilines is 2. The van der Waals surface area contributed by atoms with Crippen LogP contribution in [0.3, 0.4) is 0 Å². The zero-order valence-corrected chi connectivity index (χ0v) is 22.3. The van der Waals surface area contributed by atoms with Gasteiger partial charge in [0.05, 0.1) is 22.9 Å². The minimum absolute atomic E-state index is 0.0735. The summed E-state index contributed by atoms with van der Waals surface area (Å²) in [7, 11) is -4.03. The van der Waals surface area contributed by atoms with Crippen LogP contribution >= 0.6 is 11.8 Å². The molecule has 37 heavy (non-hydrogen) atoms. The summed E-state index contributed by atoms with van der Waals surface area (Å²) in [5, 5.41) is 2.91. The molecule has 4 aromatic rings. The van der Waals surface area contributed by atoms with Crippen LogP contribution in [0.4, 0.5) is 11.4 Å². The highest BCUT2D eigenvalue weighted by atomic mass is 32.2. The van der Waals surface area contributed by atoms with Crippen molar-refractivity contribution < 1.29 is 17.9 Å². The van der Waals surface area contributed by atoms with E-state index in [9.17, 15) is 13.2 Å². The minimum Gasteiger partial charge on any atom is -0.494 e. The number of para-hydroxylation sites is 1. The van der Waals surface area contributed by atoms with Crippen LogP contribution in [0.2, 0.25) is 0 Å². The SMILES string of the molecule is CCOc1ccc(S(=O)(=O)N(CC(=O)Nc2ccccc2Sc2ccccc2)c2ccc(C)cc2)cc1. The molecule has 1 amide bonds. The van der Waals surface area contributed by atoms with E-state index >= 15 is 0 Å². The lowest BCUT2D eigenvalue weighted by Crippen LogP contribution is -2.38. The summed E-state index contributed by atoms with van der Waals surface area (Å²) < 4.78 is 33.9. The maximum absolute atomic E-state index is 13.7. The molecule has 0 radical (unpaired) electrons. The topological polar surface area (TPSA) is 75.7 Å². The van der Waals surface area contributed by atoms with Gasteiger partial charge in [0, 0.05) is 9.79 Å². The van der Waals surface area contributed by atoms with Crippen LogP contribution in [0.1, 0.15) is 12.5 Å². The van der Waals surface area contributed by atoms with Crippen LogP contribution < -0.4 is 14.4 Å². The second kappa shape index (κ2) is 12.0. The van der Waals surface area contributed by atoms with E-state index in [2.05, 4.69) is 5.32 Å². The number of rotatable bonds is 10. The van der Waals surface area contributed by atoms with Crippen molar-refractivity contribution in [3.05, 3.63) is 109 Å². The maximum Gasteiger partial charge on any atom is 0.264 e. The lowest BCUT2D eigenvalue weighted by molar-refractivity contribution is -0.114. The summed E-state index contributed by atoms with van der Waals surface area (Å²) >= 11 is 1.52. The zero-order valence-electron chi connectivity index (χ0n) is 20.6. The first-order valence-corrected chi connectivity index (χ1v) is 14.1. The molecule has 0 spiro atoms. The highest BCUT2D eigenvalue weighted by molar-refractivity contribution is 7.99. The Morgan fingerprint density at radius 1 is 0.865 bits per heavy atom. The standard InChI is InChI=1S/C29H28N2O4S2/c1-3-35-24-17-19-26(20-18-24)37(33,34)31(23-15-13-22(2)14-16-23)21-29(32)30-27-11-7-8-12-28(27)36-25-9-5-4-6-10-25/h4-20H,3,21H2,1-2H3,(H,30,32).